The van der Waals surface area contributed by atoms with Gasteiger partial charge < -0.3 is 0 Å². The molecule has 0 aliphatic heterocycles. The maximum absolute atomic E-state index is 2.48. The highest BCUT2D eigenvalue weighted by atomic mass is 14.4. The van der Waals surface area contributed by atoms with Crippen molar-refractivity contribution in [1.82, 2.24) is 0 Å². The average Bonchev–Trinajstić information content (AvgIpc) is 1.60. The van der Waals surface area contributed by atoms with Gasteiger partial charge >= 0.3 is 0 Å². The Morgan fingerprint density at radius 1 is 0.106 bits per heavy atom. The van der Waals surface area contributed by atoms with E-state index in [1.54, 1.807) is 0 Å². The average molecular weight is 1810 g/mol. The van der Waals surface area contributed by atoms with Crippen LogP contribution in [0.2, 0.25) is 0 Å². The van der Waals surface area contributed by atoms with Crippen molar-refractivity contribution in [2.24, 2.45) is 0 Å². The molecule has 0 atom stereocenters. The van der Waals surface area contributed by atoms with Gasteiger partial charge in [0.25, 0.3) is 0 Å². The SMILES string of the molecule is CC1(C)c2ccccc2-c2cc(-c3c4ccccc4c(-c4ccc(-c5ccccc5)cc4)c4ccc(-c5ccccc5)cc34)ccc21.CC1(C)c2ccccc2-c2cc(-c3c4ccccc4c(-c4ccc5c(c4)C(C)(C)c4ccccc4-5)c4ccc(-c5ccccc5)cc34)ccc21.CC1(C)c2ccccc2-c2cc(-c3c4ccccc4c(-c4cccc5ccccc45)c4ccc(-c5ccccc5)cc34)ccc21. The lowest BCUT2D eigenvalue weighted by atomic mass is 9.80. The van der Waals surface area contributed by atoms with E-state index in [0.717, 1.165) is 0 Å². The van der Waals surface area contributed by atoms with Crippen molar-refractivity contribution in [3.8, 4) is 156 Å². The van der Waals surface area contributed by atoms with Crippen molar-refractivity contribution < 1.29 is 0 Å². The molecule has 0 nitrogen and oxygen atoms in total. The van der Waals surface area contributed by atoms with E-state index in [-0.39, 0.29) is 21.7 Å². The van der Waals surface area contributed by atoms with Crippen molar-refractivity contribution in [3.05, 3.63) is 530 Å². The molecule has 24 aromatic carbocycles. The predicted molar refractivity (Wildman–Crippen MR) is 606 cm³/mol. The van der Waals surface area contributed by atoms with E-state index < -0.39 is 0 Å². The Bertz CT molecular complexity index is 9280. The minimum atomic E-state index is -0.0670. The first-order chi connectivity index (χ1) is 69.5. The van der Waals surface area contributed by atoms with E-state index in [4.69, 9.17) is 0 Å². The smallest absolute Gasteiger partial charge is 0.0159 e. The molecular weight excluding hydrogens is 1710 g/mol. The third-order valence-electron chi connectivity index (χ3n) is 32.2. The quantitative estimate of drug-likeness (QED) is 0.120. The second-order valence-electron chi connectivity index (χ2n) is 41.5. The first-order valence-corrected chi connectivity index (χ1v) is 50.2. The Balaban J connectivity index is 0.000000109. The topological polar surface area (TPSA) is 0 Å². The molecule has 0 aromatic heterocycles. The monoisotopic (exact) mass is 1810 g/mol. The van der Waals surface area contributed by atoms with Gasteiger partial charge in [0.1, 0.15) is 0 Å². The number of hydrogen-bond donors (Lipinski definition) is 0. The molecule has 0 fully saturated rings. The summed E-state index contributed by atoms with van der Waals surface area (Å²) in [5.41, 5.74) is 47.1. The molecule has 0 saturated carbocycles. The number of benzene rings is 24. The summed E-state index contributed by atoms with van der Waals surface area (Å²) in [6, 6.07) is 180. The standard InChI is InChI=1S/C50H38.C47H34.C45H32/c1-49(2)44-21-13-11-17-36(44)41-29-33(24-27-45(41)49)48-39-19-9-8-18-38(39)47(40-26-22-32(28-42(40)48)31-14-6-5-7-15-31)34-23-25-37-35-16-10-12-20-43(35)50(3,4)46(37)30-34;1-47(2)43-20-12-11-17-37(43)41-30-36(26-28-44(41)47)46-39-19-10-9-18-38(39)45(34-23-21-33(22-24-34)31-13-5-3-6-14-31)40-27-25-35(29-42(40)46)32-15-7-4-8-16-32;1-45(2)41-22-11-10-18-34(41)39-28-32(24-26-42(39)45)43-36-19-8-9-20-37(36)44(35-21-12-16-30-15-6-7-17-33(30)35)38-25-23-31(27-40(38)43)29-13-4-3-5-14-29/h5-30H,1-4H3;3-30H,1-2H3;3-28H,1-2H3. The fourth-order valence-corrected chi connectivity index (χ4v) is 25.2. The number of hydrogen-bond acceptors (Lipinski definition) is 0. The molecule has 4 aliphatic carbocycles. The van der Waals surface area contributed by atoms with Gasteiger partial charge in [-0.2, -0.15) is 0 Å². The summed E-state index contributed by atoms with van der Waals surface area (Å²) in [6.45, 7) is 18.9. The molecule has 0 spiro atoms. The van der Waals surface area contributed by atoms with Crippen LogP contribution in [0.25, 0.3) is 231 Å². The molecule has 0 unspecified atom stereocenters. The number of rotatable bonds is 10. The maximum atomic E-state index is 2.48. The summed E-state index contributed by atoms with van der Waals surface area (Å²) in [6.07, 6.45) is 0. The van der Waals surface area contributed by atoms with Crippen LogP contribution in [0.5, 0.6) is 0 Å². The molecule has 4 aliphatic rings. The lowest BCUT2D eigenvalue weighted by molar-refractivity contribution is 0.660. The predicted octanol–water partition coefficient (Wildman–Crippen LogP) is 39.0. The summed E-state index contributed by atoms with van der Waals surface area (Å²) in [5, 5.41) is 17.9. The van der Waals surface area contributed by atoms with Crippen molar-refractivity contribution in [1.29, 1.82) is 0 Å². The summed E-state index contributed by atoms with van der Waals surface area (Å²) < 4.78 is 0. The van der Waals surface area contributed by atoms with Gasteiger partial charge in [0.15, 0.2) is 0 Å². The zero-order valence-electron chi connectivity index (χ0n) is 81.2. The van der Waals surface area contributed by atoms with Crippen LogP contribution < -0.4 is 0 Å². The van der Waals surface area contributed by atoms with Gasteiger partial charge in [-0.25, -0.2) is 0 Å². The van der Waals surface area contributed by atoms with E-state index in [1.807, 2.05) is 0 Å². The third kappa shape index (κ3) is 13.7. The van der Waals surface area contributed by atoms with Crippen molar-refractivity contribution in [3.63, 3.8) is 0 Å². The third-order valence-corrected chi connectivity index (χ3v) is 32.2. The van der Waals surface area contributed by atoms with Crippen LogP contribution in [0.3, 0.4) is 0 Å². The second-order valence-corrected chi connectivity index (χ2v) is 41.5. The zero-order chi connectivity index (χ0) is 95.4. The molecule has 28 rings (SSSR count). The van der Waals surface area contributed by atoms with Gasteiger partial charge in [-0.1, -0.05) is 498 Å². The Hall–Kier alpha value is -16.9. The van der Waals surface area contributed by atoms with Crippen LogP contribution in [0.4, 0.5) is 0 Å². The molecule has 0 heterocycles. The maximum Gasteiger partial charge on any atom is 0.0159 e. The Morgan fingerprint density at radius 2 is 0.324 bits per heavy atom. The van der Waals surface area contributed by atoms with E-state index in [1.165, 1.54) is 276 Å². The molecule has 0 amide bonds. The van der Waals surface area contributed by atoms with Gasteiger partial charge in [0, 0.05) is 21.7 Å². The van der Waals surface area contributed by atoms with E-state index >= 15 is 0 Å². The van der Waals surface area contributed by atoms with Gasteiger partial charge in [-0.15, -0.1) is 0 Å². The molecular formula is C142H104. The minimum absolute atomic E-state index is 0.0205. The first-order valence-electron chi connectivity index (χ1n) is 50.2. The summed E-state index contributed by atoms with van der Waals surface area (Å²) in [4.78, 5) is 0. The largest absolute Gasteiger partial charge is 0.0622 e. The Morgan fingerprint density at radius 3 is 0.704 bits per heavy atom. The van der Waals surface area contributed by atoms with Gasteiger partial charge in [0.05, 0.1) is 0 Å². The molecule has 672 valence electrons. The number of fused-ring (bicyclic) bond motifs is 19. The molecule has 0 bridgehead atoms. The van der Waals surface area contributed by atoms with Crippen molar-refractivity contribution in [2.45, 2.75) is 77.0 Å². The summed E-state index contributed by atoms with van der Waals surface area (Å²) >= 11 is 0. The van der Waals surface area contributed by atoms with Gasteiger partial charge in [0.2, 0.25) is 0 Å². The van der Waals surface area contributed by atoms with E-state index in [2.05, 4.69) is 541 Å². The van der Waals surface area contributed by atoms with Gasteiger partial charge in [-0.05, 0) is 318 Å². The first kappa shape index (κ1) is 85.5. The van der Waals surface area contributed by atoms with Crippen molar-refractivity contribution >= 4 is 75.4 Å². The van der Waals surface area contributed by atoms with Crippen LogP contribution in [0.15, 0.2) is 485 Å². The van der Waals surface area contributed by atoms with Crippen LogP contribution >= 0.6 is 0 Å². The highest BCUT2D eigenvalue weighted by Crippen LogP contribution is 2.59. The fraction of sp³-hybridized carbons (Fsp3) is 0.0845. The van der Waals surface area contributed by atoms with E-state index in [9.17, 15) is 0 Å². The van der Waals surface area contributed by atoms with Gasteiger partial charge in [-0.3, -0.25) is 0 Å². The van der Waals surface area contributed by atoms with Crippen LogP contribution in [-0.2, 0) is 21.7 Å². The molecule has 0 N–H and O–H groups in total. The normalized spacial score (nSPS) is 13.7. The molecule has 0 heteroatoms. The van der Waals surface area contributed by atoms with Crippen LogP contribution in [-0.4, -0.2) is 0 Å². The molecule has 24 aromatic rings. The highest BCUT2D eigenvalue weighted by molar-refractivity contribution is 6.27. The zero-order valence-corrected chi connectivity index (χ0v) is 81.2. The Labute approximate surface area is 831 Å². The molecule has 0 radical (unpaired) electrons. The lowest BCUT2D eigenvalue weighted by Crippen LogP contribution is -2.14. The summed E-state index contributed by atoms with van der Waals surface area (Å²) in [7, 11) is 0. The summed E-state index contributed by atoms with van der Waals surface area (Å²) in [5.74, 6) is 0. The van der Waals surface area contributed by atoms with Crippen LogP contribution in [0, 0.1) is 0 Å². The molecule has 0 saturated heterocycles. The highest BCUT2D eigenvalue weighted by Gasteiger charge is 2.41. The molecule has 142 heavy (non-hydrogen) atoms. The fourth-order valence-electron chi connectivity index (χ4n) is 25.2. The Kier molecular flexibility index (Phi) is 20.1. The van der Waals surface area contributed by atoms with E-state index in [0.29, 0.717) is 0 Å². The minimum Gasteiger partial charge on any atom is -0.0622 e. The second kappa shape index (κ2) is 33.5. The van der Waals surface area contributed by atoms with Crippen LogP contribution in [0.1, 0.15) is 99.9 Å². The van der Waals surface area contributed by atoms with Crippen molar-refractivity contribution in [2.75, 3.05) is 0 Å². The lowest BCUT2D eigenvalue weighted by Gasteiger charge is -2.23.